The van der Waals surface area contributed by atoms with Crippen molar-refractivity contribution >= 4 is 11.6 Å². The molecule has 2 aliphatic heterocycles. The number of fused-ring (bicyclic) bond motifs is 1. The zero-order valence-corrected chi connectivity index (χ0v) is 18.6. The van der Waals surface area contributed by atoms with Gasteiger partial charge in [-0.25, -0.2) is 4.39 Å². The molecule has 1 N–H and O–H groups in total. The van der Waals surface area contributed by atoms with Gasteiger partial charge in [0.15, 0.2) is 0 Å². The molecule has 1 aromatic heterocycles. The third-order valence-corrected chi connectivity index (χ3v) is 7.85. The van der Waals surface area contributed by atoms with Crippen molar-refractivity contribution in [1.82, 2.24) is 10.3 Å². The topological polar surface area (TPSA) is 43.4 Å². The lowest BCUT2D eigenvalue weighted by molar-refractivity contribution is -0.154. The number of ether oxygens (including phenoxy) is 2. The van der Waals surface area contributed by atoms with Crippen molar-refractivity contribution in [3.63, 3.8) is 0 Å². The molecule has 1 aliphatic carbocycles. The highest BCUT2D eigenvalue weighted by Gasteiger charge is 2.48. The number of hydrogen-bond donors (Lipinski definition) is 1. The molecular weight excluding hydrogens is 415 g/mol. The van der Waals surface area contributed by atoms with Gasteiger partial charge >= 0.3 is 0 Å². The van der Waals surface area contributed by atoms with Crippen molar-refractivity contribution in [1.29, 1.82) is 0 Å². The first-order valence-corrected chi connectivity index (χ1v) is 11.8. The zero-order chi connectivity index (χ0) is 21.3. The molecule has 0 amide bonds. The molecule has 3 heterocycles. The molecule has 1 spiro atoms. The van der Waals surface area contributed by atoms with Crippen LogP contribution in [0.25, 0.3) is 0 Å². The molecule has 2 aromatic rings. The second kappa shape index (κ2) is 8.78. The van der Waals surface area contributed by atoms with E-state index in [-0.39, 0.29) is 16.8 Å². The van der Waals surface area contributed by atoms with E-state index >= 15 is 0 Å². The standard InChI is InChI=1S/C25H30ClFN2O2/c26-22-3-1-2-18-14-20(15-21(18)22)28-10-6-24(23-5-4-19(27)16-29-23)7-13-31-25(17-24)8-11-30-12-9-25/h1-5,16,20,28H,6-15,17H2/t20-,24+/m0/s1. The van der Waals surface area contributed by atoms with Crippen LogP contribution in [0, 0.1) is 5.82 Å². The SMILES string of the molecule is Fc1ccc([C@]2(CCN[C@H]3Cc4cccc(Cl)c4C3)CCOC3(CCOCC3)C2)nc1. The van der Waals surface area contributed by atoms with Crippen molar-refractivity contribution in [3.8, 4) is 0 Å². The third kappa shape index (κ3) is 4.38. The van der Waals surface area contributed by atoms with E-state index in [1.165, 1.54) is 17.3 Å². The monoisotopic (exact) mass is 444 g/mol. The summed E-state index contributed by atoms with van der Waals surface area (Å²) in [4.78, 5) is 4.54. The predicted octanol–water partition coefficient (Wildman–Crippen LogP) is 4.62. The Hall–Kier alpha value is -1.53. The Morgan fingerprint density at radius 1 is 1.10 bits per heavy atom. The van der Waals surface area contributed by atoms with E-state index in [1.807, 2.05) is 18.2 Å². The fourth-order valence-corrected chi connectivity index (χ4v) is 6.07. The third-order valence-electron chi connectivity index (χ3n) is 7.49. The number of nitrogens with one attached hydrogen (secondary N) is 1. The van der Waals surface area contributed by atoms with Gasteiger partial charge in [-0.2, -0.15) is 0 Å². The van der Waals surface area contributed by atoms with Gasteiger partial charge in [0.05, 0.1) is 11.8 Å². The molecule has 31 heavy (non-hydrogen) atoms. The van der Waals surface area contributed by atoms with Crippen LogP contribution in [0.1, 0.15) is 48.9 Å². The maximum absolute atomic E-state index is 13.6. The molecule has 1 aromatic carbocycles. The minimum atomic E-state index is -0.287. The van der Waals surface area contributed by atoms with Crippen LogP contribution in [0.5, 0.6) is 0 Å². The fourth-order valence-electron chi connectivity index (χ4n) is 5.80. The molecule has 2 atom stereocenters. The molecule has 0 unspecified atom stereocenters. The van der Waals surface area contributed by atoms with Crippen LogP contribution in [-0.4, -0.2) is 43.0 Å². The van der Waals surface area contributed by atoms with E-state index in [9.17, 15) is 4.39 Å². The molecule has 6 heteroatoms. The summed E-state index contributed by atoms with van der Waals surface area (Å²) in [5.41, 5.74) is 3.36. The zero-order valence-electron chi connectivity index (χ0n) is 17.8. The van der Waals surface area contributed by atoms with Gasteiger partial charge in [0.25, 0.3) is 0 Å². The molecule has 4 nitrogen and oxygen atoms in total. The summed E-state index contributed by atoms with van der Waals surface area (Å²) in [5, 5.41) is 4.65. The van der Waals surface area contributed by atoms with Crippen molar-refractivity contribution in [2.75, 3.05) is 26.4 Å². The Labute approximate surface area is 188 Å². The highest BCUT2D eigenvalue weighted by atomic mass is 35.5. The number of rotatable bonds is 5. The molecule has 2 fully saturated rings. The van der Waals surface area contributed by atoms with Crippen molar-refractivity contribution < 1.29 is 13.9 Å². The van der Waals surface area contributed by atoms with E-state index in [0.29, 0.717) is 12.6 Å². The molecule has 0 saturated carbocycles. The number of benzene rings is 1. The quantitative estimate of drug-likeness (QED) is 0.730. The number of pyridine rings is 1. The van der Waals surface area contributed by atoms with Crippen LogP contribution in [0.3, 0.4) is 0 Å². The molecule has 2 saturated heterocycles. The minimum absolute atomic E-state index is 0.112. The summed E-state index contributed by atoms with van der Waals surface area (Å²) in [7, 11) is 0. The van der Waals surface area contributed by atoms with Gasteiger partial charge in [-0.05, 0) is 80.8 Å². The molecule has 0 radical (unpaired) electrons. The van der Waals surface area contributed by atoms with Gasteiger partial charge in [-0.15, -0.1) is 0 Å². The van der Waals surface area contributed by atoms with Crippen molar-refractivity contribution in [2.24, 2.45) is 0 Å². The average molecular weight is 445 g/mol. The van der Waals surface area contributed by atoms with Gasteiger partial charge in [0, 0.05) is 42.0 Å². The van der Waals surface area contributed by atoms with Gasteiger partial charge in [0.1, 0.15) is 5.82 Å². The summed E-state index contributed by atoms with van der Waals surface area (Å²) >= 11 is 6.40. The summed E-state index contributed by atoms with van der Waals surface area (Å²) in [5.74, 6) is -0.287. The van der Waals surface area contributed by atoms with E-state index in [0.717, 1.165) is 75.4 Å². The summed E-state index contributed by atoms with van der Waals surface area (Å²) < 4.78 is 25.6. The highest BCUT2D eigenvalue weighted by molar-refractivity contribution is 6.31. The predicted molar refractivity (Wildman–Crippen MR) is 119 cm³/mol. The van der Waals surface area contributed by atoms with Crippen LogP contribution in [0.2, 0.25) is 5.02 Å². The van der Waals surface area contributed by atoms with Crippen LogP contribution >= 0.6 is 11.6 Å². The van der Waals surface area contributed by atoms with Gasteiger partial charge in [-0.3, -0.25) is 4.98 Å². The Bertz CT molecular complexity index is 911. The van der Waals surface area contributed by atoms with Crippen LogP contribution in [-0.2, 0) is 27.7 Å². The minimum Gasteiger partial charge on any atom is -0.381 e. The smallest absolute Gasteiger partial charge is 0.141 e. The summed E-state index contributed by atoms with van der Waals surface area (Å²) in [6.45, 7) is 3.09. The van der Waals surface area contributed by atoms with Gasteiger partial charge in [0.2, 0.25) is 0 Å². The molecule has 0 bridgehead atoms. The van der Waals surface area contributed by atoms with Crippen molar-refractivity contribution in [3.05, 3.63) is 64.2 Å². The molecule has 166 valence electrons. The fraction of sp³-hybridized carbons (Fsp3) is 0.560. The molecule has 3 aliphatic rings. The maximum atomic E-state index is 13.6. The van der Waals surface area contributed by atoms with Gasteiger partial charge in [-0.1, -0.05) is 23.7 Å². The molecular formula is C25H30ClFN2O2. The van der Waals surface area contributed by atoms with E-state index in [1.54, 1.807) is 6.07 Å². The van der Waals surface area contributed by atoms with Crippen LogP contribution in [0.15, 0.2) is 36.5 Å². The lowest BCUT2D eigenvalue weighted by Gasteiger charge is -2.49. The van der Waals surface area contributed by atoms with Crippen molar-refractivity contribution in [2.45, 2.75) is 62.0 Å². The largest absolute Gasteiger partial charge is 0.381 e. The normalized spacial score (nSPS) is 27.4. The highest BCUT2D eigenvalue weighted by Crippen LogP contribution is 2.47. The first kappa shape index (κ1) is 21.3. The van der Waals surface area contributed by atoms with E-state index in [4.69, 9.17) is 21.1 Å². The maximum Gasteiger partial charge on any atom is 0.141 e. The lowest BCUT2D eigenvalue weighted by atomic mass is 9.66. The first-order valence-electron chi connectivity index (χ1n) is 11.4. The Morgan fingerprint density at radius 2 is 1.97 bits per heavy atom. The number of hydrogen-bond acceptors (Lipinski definition) is 4. The van der Waals surface area contributed by atoms with E-state index < -0.39 is 0 Å². The number of nitrogens with zero attached hydrogens (tertiary/aromatic N) is 1. The van der Waals surface area contributed by atoms with Crippen LogP contribution in [0.4, 0.5) is 4.39 Å². The number of aromatic nitrogens is 1. The number of halogens is 2. The lowest BCUT2D eigenvalue weighted by Crippen LogP contribution is -2.51. The molecule has 5 rings (SSSR count). The summed E-state index contributed by atoms with van der Waals surface area (Å²) in [6.07, 6.45) is 7.96. The summed E-state index contributed by atoms with van der Waals surface area (Å²) in [6, 6.07) is 10.0. The van der Waals surface area contributed by atoms with Crippen LogP contribution < -0.4 is 5.32 Å². The second-order valence-corrected chi connectivity index (χ2v) is 9.81. The Morgan fingerprint density at radius 3 is 2.74 bits per heavy atom. The Kier molecular flexibility index (Phi) is 6.04. The Balaban J connectivity index is 1.31. The first-order chi connectivity index (χ1) is 15.1. The van der Waals surface area contributed by atoms with E-state index in [2.05, 4.69) is 16.4 Å². The average Bonchev–Trinajstić information content (AvgIpc) is 3.19. The van der Waals surface area contributed by atoms with Gasteiger partial charge < -0.3 is 14.8 Å². The second-order valence-electron chi connectivity index (χ2n) is 9.40.